The highest BCUT2D eigenvalue weighted by Gasteiger charge is 1.92. The Balaban J connectivity index is 2.37. The summed E-state index contributed by atoms with van der Waals surface area (Å²) in [5.74, 6) is 1.45. The van der Waals surface area contributed by atoms with Crippen LogP contribution in [-0.2, 0) is 0 Å². The van der Waals surface area contributed by atoms with E-state index in [2.05, 4.69) is 10.3 Å². The Morgan fingerprint density at radius 1 is 1.58 bits per heavy atom. The van der Waals surface area contributed by atoms with Crippen molar-refractivity contribution >= 4 is 17.6 Å². The number of rotatable bonds is 4. The molecule has 0 spiro atoms. The number of thioether (sulfide) groups is 1. The van der Waals surface area contributed by atoms with Crippen molar-refractivity contribution in [1.82, 2.24) is 4.98 Å². The molecule has 0 radical (unpaired) electrons. The third-order valence-electron chi connectivity index (χ3n) is 1.34. The van der Waals surface area contributed by atoms with Crippen LogP contribution in [0.1, 0.15) is 0 Å². The smallest absolute Gasteiger partial charge is 0.141 e. The maximum atomic E-state index is 12.4. The van der Waals surface area contributed by atoms with Crippen molar-refractivity contribution in [2.45, 2.75) is 0 Å². The van der Waals surface area contributed by atoms with E-state index in [1.807, 2.05) is 6.26 Å². The van der Waals surface area contributed by atoms with Crippen LogP contribution in [0.15, 0.2) is 18.3 Å². The molecule has 2 nitrogen and oxygen atoms in total. The molecule has 0 atom stereocenters. The van der Waals surface area contributed by atoms with Crippen LogP contribution in [0.4, 0.5) is 10.2 Å². The van der Waals surface area contributed by atoms with Crippen molar-refractivity contribution in [2.75, 3.05) is 23.9 Å². The van der Waals surface area contributed by atoms with Gasteiger partial charge in [-0.3, -0.25) is 0 Å². The molecule has 1 aromatic heterocycles. The molecule has 0 fully saturated rings. The Kier molecular flexibility index (Phi) is 3.87. The predicted octanol–water partition coefficient (Wildman–Crippen LogP) is 2.00. The van der Waals surface area contributed by atoms with Crippen LogP contribution in [0.2, 0.25) is 0 Å². The van der Waals surface area contributed by atoms with Gasteiger partial charge in [-0.15, -0.1) is 0 Å². The molecule has 1 heterocycles. The molecule has 0 bridgehead atoms. The van der Waals surface area contributed by atoms with Gasteiger partial charge in [-0.2, -0.15) is 11.8 Å². The highest BCUT2D eigenvalue weighted by atomic mass is 32.2. The zero-order valence-corrected chi connectivity index (χ0v) is 7.70. The van der Waals surface area contributed by atoms with Crippen molar-refractivity contribution in [1.29, 1.82) is 0 Å². The molecule has 0 aliphatic rings. The van der Waals surface area contributed by atoms with E-state index >= 15 is 0 Å². The van der Waals surface area contributed by atoms with E-state index in [9.17, 15) is 4.39 Å². The van der Waals surface area contributed by atoms with E-state index in [-0.39, 0.29) is 5.82 Å². The Labute approximate surface area is 75.6 Å². The molecule has 1 N–H and O–H groups in total. The summed E-state index contributed by atoms with van der Waals surface area (Å²) in [6, 6.07) is 3.03. The summed E-state index contributed by atoms with van der Waals surface area (Å²) in [5.41, 5.74) is 0. The second-order valence-electron chi connectivity index (χ2n) is 2.28. The summed E-state index contributed by atoms with van der Waals surface area (Å²) in [7, 11) is 0. The molecule has 0 aliphatic carbocycles. The average Bonchev–Trinajstić information content (AvgIpc) is 2.09. The quantitative estimate of drug-likeness (QED) is 0.728. The van der Waals surface area contributed by atoms with Crippen LogP contribution in [0.25, 0.3) is 0 Å². The van der Waals surface area contributed by atoms with Gasteiger partial charge in [-0.05, 0) is 18.4 Å². The standard InChI is InChI=1S/C8H11FN2S/c1-12-5-4-10-8-3-2-7(9)6-11-8/h2-3,6H,4-5H2,1H3,(H,10,11). The Bertz CT molecular complexity index is 225. The van der Waals surface area contributed by atoms with Gasteiger partial charge in [0.25, 0.3) is 0 Å². The van der Waals surface area contributed by atoms with Gasteiger partial charge in [0, 0.05) is 12.3 Å². The molecule has 66 valence electrons. The summed E-state index contributed by atoms with van der Waals surface area (Å²) < 4.78 is 12.4. The van der Waals surface area contributed by atoms with E-state index in [1.54, 1.807) is 17.8 Å². The first-order chi connectivity index (χ1) is 5.83. The average molecular weight is 186 g/mol. The number of pyridine rings is 1. The fourth-order valence-electron chi connectivity index (χ4n) is 0.762. The minimum atomic E-state index is -0.301. The van der Waals surface area contributed by atoms with E-state index in [0.717, 1.165) is 18.1 Å². The summed E-state index contributed by atoms with van der Waals surface area (Å²) in [6.45, 7) is 0.861. The molecule has 0 aliphatic heterocycles. The lowest BCUT2D eigenvalue weighted by atomic mass is 10.4. The first kappa shape index (κ1) is 9.32. The second kappa shape index (κ2) is 4.98. The van der Waals surface area contributed by atoms with Gasteiger partial charge in [-0.25, -0.2) is 9.37 Å². The summed E-state index contributed by atoms with van der Waals surface area (Å²) in [5, 5.41) is 3.07. The van der Waals surface area contributed by atoms with Crippen molar-refractivity contribution in [2.24, 2.45) is 0 Å². The SMILES string of the molecule is CSCCNc1ccc(F)cn1. The van der Waals surface area contributed by atoms with Crippen LogP contribution < -0.4 is 5.32 Å². The summed E-state index contributed by atoms with van der Waals surface area (Å²) >= 11 is 1.76. The normalized spacial score (nSPS) is 9.83. The molecule has 0 saturated heterocycles. The number of aromatic nitrogens is 1. The van der Waals surface area contributed by atoms with Crippen molar-refractivity contribution in [3.05, 3.63) is 24.1 Å². The molecule has 0 saturated carbocycles. The molecular weight excluding hydrogens is 175 g/mol. The number of halogens is 1. The molecule has 0 aromatic carbocycles. The van der Waals surface area contributed by atoms with Gasteiger partial charge in [0.15, 0.2) is 0 Å². The summed E-state index contributed by atoms with van der Waals surface area (Å²) in [4.78, 5) is 3.85. The van der Waals surface area contributed by atoms with Crippen LogP contribution in [0.3, 0.4) is 0 Å². The van der Waals surface area contributed by atoms with Crippen molar-refractivity contribution < 1.29 is 4.39 Å². The molecule has 1 rings (SSSR count). The molecular formula is C8H11FN2S. The largest absolute Gasteiger partial charge is 0.369 e. The third kappa shape index (κ3) is 3.09. The van der Waals surface area contributed by atoms with Crippen LogP contribution in [0.5, 0.6) is 0 Å². The first-order valence-electron chi connectivity index (χ1n) is 3.67. The zero-order valence-electron chi connectivity index (χ0n) is 6.88. The minimum Gasteiger partial charge on any atom is -0.369 e. The predicted molar refractivity (Wildman–Crippen MR) is 51.1 cm³/mol. The lowest BCUT2D eigenvalue weighted by Crippen LogP contribution is -2.04. The second-order valence-corrected chi connectivity index (χ2v) is 3.27. The molecule has 4 heteroatoms. The fraction of sp³-hybridized carbons (Fsp3) is 0.375. The zero-order chi connectivity index (χ0) is 8.81. The highest BCUT2D eigenvalue weighted by molar-refractivity contribution is 7.98. The number of hydrogen-bond acceptors (Lipinski definition) is 3. The first-order valence-corrected chi connectivity index (χ1v) is 5.06. The Morgan fingerprint density at radius 2 is 2.42 bits per heavy atom. The van der Waals surface area contributed by atoms with Gasteiger partial charge >= 0.3 is 0 Å². The van der Waals surface area contributed by atoms with Gasteiger partial charge in [0.2, 0.25) is 0 Å². The number of anilines is 1. The van der Waals surface area contributed by atoms with Crippen LogP contribution in [-0.4, -0.2) is 23.5 Å². The van der Waals surface area contributed by atoms with Crippen molar-refractivity contribution in [3.8, 4) is 0 Å². The number of nitrogens with one attached hydrogen (secondary N) is 1. The van der Waals surface area contributed by atoms with Gasteiger partial charge < -0.3 is 5.32 Å². The lowest BCUT2D eigenvalue weighted by molar-refractivity contribution is 0.622. The molecule has 12 heavy (non-hydrogen) atoms. The molecule has 1 aromatic rings. The fourth-order valence-corrected chi connectivity index (χ4v) is 1.07. The van der Waals surface area contributed by atoms with E-state index in [0.29, 0.717) is 0 Å². The number of nitrogens with zero attached hydrogens (tertiary/aromatic N) is 1. The van der Waals surface area contributed by atoms with Crippen molar-refractivity contribution in [3.63, 3.8) is 0 Å². The molecule has 0 unspecified atom stereocenters. The topological polar surface area (TPSA) is 24.9 Å². The van der Waals surface area contributed by atoms with Gasteiger partial charge in [0.05, 0.1) is 6.20 Å². The van der Waals surface area contributed by atoms with E-state index in [4.69, 9.17) is 0 Å². The Hall–Kier alpha value is -0.770. The van der Waals surface area contributed by atoms with E-state index in [1.165, 1.54) is 12.3 Å². The van der Waals surface area contributed by atoms with Gasteiger partial charge in [-0.1, -0.05) is 0 Å². The maximum Gasteiger partial charge on any atom is 0.141 e. The molecule has 0 amide bonds. The Morgan fingerprint density at radius 3 is 3.00 bits per heavy atom. The monoisotopic (exact) mass is 186 g/mol. The van der Waals surface area contributed by atoms with Crippen LogP contribution >= 0.6 is 11.8 Å². The summed E-state index contributed by atoms with van der Waals surface area (Å²) in [6.07, 6.45) is 3.25. The van der Waals surface area contributed by atoms with Crippen LogP contribution in [0, 0.1) is 5.82 Å². The lowest BCUT2D eigenvalue weighted by Gasteiger charge is -2.02. The maximum absolute atomic E-state index is 12.4. The highest BCUT2D eigenvalue weighted by Crippen LogP contribution is 2.03. The number of hydrogen-bond donors (Lipinski definition) is 1. The third-order valence-corrected chi connectivity index (χ3v) is 1.95. The van der Waals surface area contributed by atoms with Gasteiger partial charge in [0.1, 0.15) is 11.6 Å². The van der Waals surface area contributed by atoms with E-state index < -0.39 is 0 Å². The minimum absolute atomic E-state index is 0.301.